The molecule has 2 N–H and O–H groups in total. The lowest BCUT2D eigenvalue weighted by Crippen LogP contribution is -2.27. The second kappa shape index (κ2) is 4.96. The van der Waals surface area contributed by atoms with Crippen molar-refractivity contribution in [3.05, 3.63) is 11.7 Å². The van der Waals surface area contributed by atoms with Crippen LogP contribution in [0.1, 0.15) is 36.4 Å². The van der Waals surface area contributed by atoms with Gasteiger partial charge in [0.15, 0.2) is 5.82 Å². The zero-order valence-electron chi connectivity index (χ0n) is 9.67. The van der Waals surface area contributed by atoms with E-state index in [2.05, 4.69) is 10.1 Å². The summed E-state index contributed by atoms with van der Waals surface area (Å²) in [5.74, 6) is 4.00. The van der Waals surface area contributed by atoms with Crippen molar-refractivity contribution in [2.75, 3.05) is 24.7 Å². The Balaban J connectivity index is 1.73. The highest BCUT2D eigenvalue weighted by Crippen LogP contribution is 2.32. The van der Waals surface area contributed by atoms with Crippen LogP contribution in [0.2, 0.25) is 0 Å². The third-order valence-corrected chi connectivity index (χ3v) is 4.64. The van der Waals surface area contributed by atoms with E-state index < -0.39 is 0 Å². The highest BCUT2D eigenvalue weighted by atomic mass is 32.2. The van der Waals surface area contributed by atoms with Crippen molar-refractivity contribution in [2.24, 2.45) is 5.73 Å². The molecule has 17 heavy (non-hydrogen) atoms. The van der Waals surface area contributed by atoms with Crippen LogP contribution in [0.15, 0.2) is 4.52 Å². The second-order valence-corrected chi connectivity index (χ2v) is 5.79. The first-order valence-corrected chi connectivity index (χ1v) is 7.24. The molecule has 5 nitrogen and oxygen atoms in total. The number of aromatic nitrogens is 2. The summed E-state index contributed by atoms with van der Waals surface area (Å²) in [6.45, 7) is 1.57. The minimum absolute atomic E-state index is 0.149. The van der Waals surface area contributed by atoms with Gasteiger partial charge in [-0.2, -0.15) is 16.7 Å². The van der Waals surface area contributed by atoms with Crippen molar-refractivity contribution in [2.45, 2.75) is 30.7 Å². The quantitative estimate of drug-likeness (QED) is 0.853. The third-order valence-electron chi connectivity index (χ3n) is 3.42. The molecule has 3 atom stereocenters. The Morgan fingerprint density at radius 1 is 1.35 bits per heavy atom. The van der Waals surface area contributed by atoms with Gasteiger partial charge in [0, 0.05) is 30.1 Å². The fourth-order valence-electron chi connectivity index (χ4n) is 2.33. The molecule has 94 valence electrons. The number of hydrogen-bond donors (Lipinski definition) is 1. The van der Waals surface area contributed by atoms with E-state index in [-0.39, 0.29) is 12.0 Å². The molecular formula is C11H17N3O2S. The molecule has 2 saturated heterocycles. The highest BCUT2D eigenvalue weighted by Gasteiger charge is 2.32. The smallest absolute Gasteiger partial charge is 0.232 e. The molecule has 0 amide bonds. The molecule has 0 aromatic carbocycles. The summed E-state index contributed by atoms with van der Waals surface area (Å²) in [4.78, 5) is 4.52. The summed E-state index contributed by atoms with van der Waals surface area (Å²) in [6, 6.07) is 0.149. The Morgan fingerprint density at radius 2 is 2.29 bits per heavy atom. The van der Waals surface area contributed by atoms with Gasteiger partial charge in [-0.25, -0.2) is 0 Å². The fourth-order valence-corrected chi connectivity index (χ4v) is 3.62. The first-order chi connectivity index (χ1) is 8.34. The third kappa shape index (κ3) is 2.34. The summed E-state index contributed by atoms with van der Waals surface area (Å²) in [5.41, 5.74) is 6.03. The summed E-state index contributed by atoms with van der Waals surface area (Å²) >= 11 is 1.85. The van der Waals surface area contributed by atoms with Crippen molar-refractivity contribution in [1.29, 1.82) is 0 Å². The van der Waals surface area contributed by atoms with Gasteiger partial charge in [0.25, 0.3) is 0 Å². The number of thioether (sulfide) groups is 1. The van der Waals surface area contributed by atoms with Gasteiger partial charge in [-0.3, -0.25) is 0 Å². The molecule has 2 fully saturated rings. The molecule has 0 aliphatic carbocycles. The number of nitrogens with zero attached hydrogens (tertiary/aromatic N) is 2. The molecule has 0 bridgehead atoms. The lowest BCUT2D eigenvalue weighted by molar-refractivity contribution is 0.0773. The minimum atomic E-state index is 0.149. The zero-order valence-corrected chi connectivity index (χ0v) is 10.5. The molecule has 3 unspecified atom stereocenters. The van der Waals surface area contributed by atoms with Gasteiger partial charge in [0.2, 0.25) is 5.89 Å². The van der Waals surface area contributed by atoms with E-state index in [4.69, 9.17) is 15.0 Å². The van der Waals surface area contributed by atoms with Crippen LogP contribution < -0.4 is 5.73 Å². The topological polar surface area (TPSA) is 74.2 Å². The van der Waals surface area contributed by atoms with Crippen LogP contribution in [0.4, 0.5) is 0 Å². The Kier molecular flexibility index (Phi) is 3.35. The van der Waals surface area contributed by atoms with Crippen LogP contribution in [0, 0.1) is 0 Å². The normalized spacial score (nSPS) is 34.1. The molecule has 6 heteroatoms. The Morgan fingerprint density at radius 3 is 3.00 bits per heavy atom. The van der Waals surface area contributed by atoms with E-state index in [1.165, 1.54) is 0 Å². The molecule has 0 saturated carbocycles. The van der Waals surface area contributed by atoms with E-state index >= 15 is 0 Å². The second-order valence-electron chi connectivity index (χ2n) is 4.71. The van der Waals surface area contributed by atoms with Crippen molar-refractivity contribution >= 4 is 11.8 Å². The van der Waals surface area contributed by atoms with E-state index in [0.717, 1.165) is 36.8 Å². The molecule has 3 heterocycles. The molecule has 0 radical (unpaired) electrons. The number of ether oxygens (including phenoxy) is 1. The van der Waals surface area contributed by atoms with E-state index in [0.29, 0.717) is 18.4 Å². The average Bonchev–Trinajstić information content (AvgIpc) is 2.98. The Labute approximate surface area is 104 Å². The maximum atomic E-state index is 6.03. The van der Waals surface area contributed by atoms with Crippen molar-refractivity contribution in [1.82, 2.24) is 10.1 Å². The summed E-state index contributed by atoms with van der Waals surface area (Å²) in [6.07, 6.45) is 2.16. The van der Waals surface area contributed by atoms with E-state index in [1.54, 1.807) is 0 Å². The van der Waals surface area contributed by atoms with E-state index in [9.17, 15) is 0 Å². The molecular weight excluding hydrogens is 238 g/mol. The summed E-state index contributed by atoms with van der Waals surface area (Å²) in [5, 5.41) is 4.09. The number of rotatable bonds is 2. The number of hydrogen-bond acceptors (Lipinski definition) is 6. The maximum absolute atomic E-state index is 6.03. The minimum Gasteiger partial charge on any atom is -0.381 e. The van der Waals surface area contributed by atoms with Gasteiger partial charge < -0.3 is 15.0 Å². The van der Waals surface area contributed by atoms with Gasteiger partial charge in [-0.1, -0.05) is 5.16 Å². The van der Waals surface area contributed by atoms with Crippen molar-refractivity contribution in [3.63, 3.8) is 0 Å². The molecule has 3 rings (SSSR count). The van der Waals surface area contributed by atoms with Gasteiger partial charge in [0.05, 0.1) is 12.5 Å². The fraction of sp³-hybridized carbons (Fsp3) is 0.818. The lowest BCUT2D eigenvalue weighted by atomic mass is 10.0. The summed E-state index contributed by atoms with van der Waals surface area (Å²) in [7, 11) is 0. The first kappa shape index (κ1) is 11.5. The molecule has 2 aliphatic rings. The molecule has 1 aromatic rings. The highest BCUT2D eigenvalue weighted by molar-refractivity contribution is 7.99. The lowest BCUT2D eigenvalue weighted by Gasteiger charge is -2.18. The predicted molar refractivity (Wildman–Crippen MR) is 65.1 cm³/mol. The van der Waals surface area contributed by atoms with Crippen LogP contribution in [-0.2, 0) is 4.74 Å². The molecule has 1 aromatic heterocycles. The predicted octanol–water partition coefficient (Wildman–Crippen LogP) is 1.12. The van der Waals surface area contributed by atoms with Crippen LogP contribution >= 0.6 is 11.8 Å². The van der Waals surface area contributed by atoms with Gasteiger partial charge in [-0.15, -0.1) is 0 Å². The zero-order chi connectivity index (χ0) is 11.7. The maximum Gasteiger partial charge on any atom is 0.232 e. The molecule has 0 spiro atoms. The Hall–Kier alpha value is -0.590. The number of nitrogens with two attached hydrogens (primary N) is 1. The van der Waals surface area contributed by atoms with Crippen LogP contribution in [0.25, 0.3) is 0 Å². The van der Waals surface area contributed by atoms with Crippen LogP contribution in [-0.4, -0.2) is 40.9 Å². The van der Waals surface area contributed by atoms with Crippen LogP contribution in [0.3, 0.4) is 0 Å². The monoisotopic (exact) mass is 255 g/mol. The molecule has 2 aliphatic heterocycles. The van der Waals surface area contributed by atoms with Gasteiger partial charge >= 0.3 is 0 Å². The van der Waals surface area contributed by atoms with Crippen molar-refractivity contribution in [3.8, 4) is 0 Å². The first-order valence-electron chi connectivity index (χ1n) is 6.09. The largest absolute Gasteiger partial charge is 0.381 e. The average molecular weight is 255 g/mol. The summed E-state index contributed by atoms with van der Waals surface area (Å²) < 4.78 is 10.8. The SMILES string of the molecule is NC1CSCC1c1nc(C2CCCOC2)no1. The Bertz CT molecular complexity index is 379. The van der Waals surface area contributed by atoms with Crippen molar-refractivity contribution < 1.29 is 9.26 Å². The standard InChI is InChI=1S/C11H17N3O2S/c12-9-6-17-5-8(9)11-13-10(14-16-11)7-2-1-3-15-4-7/h7-9H,1-6,12H2. The van der Waals surface area contributed by atoms with Gasteiger partial charge in [0.1, 0.15) is 0 Å². The van der Waals surface area contributed by atoms with Crippen LogP contribution in [0.5, 0.6) is 0 Å². The van der Waals surface area contributed by atoms with Gasteiger partial charge in [-0.05, 0) is 12.8 Å². The van der Waals surface area contributed by atoms with E-state index in [1.807, 2.05) is 11.8 Å².